The van der Waals surface area contributed by atoms with Crippen LogP contribution in [0.5, 0.6) is 0 Å². The quantitative estimate of drug-likeness (QED) is 0.661. The second-order valence-corrected chi connectivity index (χ2v) is 5.78. The molecule has 12 heteroatoms. The number of aromatic nitrogens is 4. The molecule has 0 aliphatic heterocycles. The van der Waals surface area contributed by atoms with Crippen LogP contribution in [-0.2, 0) is 12.7 Å². The van der Waals surface area contributed by atoms with E-state index < -0.39 is 57.9 Å². The summed E-state index contributed by atoms with van der Waals surface area (Å²) in [6.07, 6.45) is -2.79. The Kier molecular flexibility index (Phi) is 5.03. The van der Waals surface area contributed by atoms with Gasteiger partial charge in [0, 0.05) is 18.5 Å². The molecule has 0 unspecified atom stereocenters. The van der Waals surface area contributed by atoms with E-state index >= 15 is 0 Å². The zero-order valence-electron chi connectivity index (χ0n) is 14.6. The van der Waals surface area contributed by atoms with Gasteiger partial charge in [0.15, 0.2) is 5.82 Å². The number of rotatable bonds is 4. The van der Waals surface area contributed by atoms with Crippen LogP contribution in [0.1, 0.15) is 23.0 Å². The fourth-order valence-corrected chi connectivity index (χ4v) is 2.68. The van der Waals surface area contributed by atoms with Crippen molar-refractivity contribution in [1.29, 1.82) is 0 Å². The number of primary amides is 1. The van der Waals surface area contributed by atoms with Crippen LogP contribution < -0.4 is 5.73 Å². The van der Waals surface area contributed by atoms with Crippen LogP contribution in [0.25, 0.3) is 22.6 Å². The number of carbonyl (C=O) groups excluding carboxylic acids is 1. The number of hydrogen-bond acceptors (Lipinski definition) is 4. The van der Waals surface area contributed by atoms with Crippen LogP contribution in [0.3, 0.4) is 0 Å². The summed E-state index contributed by atoms with van der Waals surface area (Å²) in [5.74, 6) is -6.28. The van der Waals surface area contributed by atoms with Gasteiger partial charge >= 0.3 is 6.30 Å². The number of nitrogens with zero attached hydrogens (tertiary/aromatic N) is 4. The predicted molar refractivity (Wildman–Crippen MR) is 87.8 cm³/mol. The Morgan fingerprint density at radius 1 is 1.17 bits per heavy atom. The zero-order valence-corrected chi connectivity index (χ0v) is 14.6. The topological polar surface area (TPSA) is 86.7 Å². The number of benzene rings is 1. The van der Waals surface area contributed by atoms with Crippen LogP contribution in [-0.4, -0.2) is 25.7 Å². The standard InChI is InChI=1S/C17H11F6N5O/c1-2-7-6-25-15(11-8(18)5-9(19)12(13(11)20)16(24)29)14(27-7)10-3-4-26-28(10)17(21,22)23/h3-6H,2H2,1H3,(H2,24,29). The minimum absolute atomic E-state index is 0.193. The summed E-state index contributed by atoms with van der Waals surface area (Å²) in [6.45, 7) is 1.64. The lowest BCUT2D eigenvalue weighted by molar-refractivity contribution is -0.211. The van der Waals surface area contributed by atoms with Crippen molar-refractivity contribution in [2.45, 2.75) is 19.6 Å². The summed E-state index contributed by atoms with van der Waals surface area (Å²) in [5.41, 5.74) is 0.972. The molecule has 2 aromatic heterocycles. The van der Waals surface area contributed by atoms with E-state index in [1.807, 2.05) is 0 Å². The summed E-state index contributed by atoms with van der Waals surface area (Å²) < 4.78 is 82.4. The summed E-state index contributed by atoms with van der Waals surface area (Å²) in [5, 5.41) is 3.16. The Morgan fingerprint density at radius 2 is 1.86 bits per heavy atom. The smallest absolute Gasteiger partial charge is 0.365 e. The summed E-state index contributed by atoms with van der Waals surface area (Å²) in [6, 6.07) is 1.12. The molecule has 3 rings (SSSR count). The van der Waals surface area contributed by atoms with E-state index in [4.69, 9.17) is 5.73 Å². The van der Waals surface area contributed by atoms with Gasteiger partial charge in [-0.3, -0.25) is 9.78 Å². The average molecular weight is 415 g/mol. The number of halogens is 6. The van der Waals surface area contributed by atoms with E-state index in [0.29, 0.717) is 0 Å². The van der Waals surface area contributed by atoms with Crippen molar-refractivity contribution in [3.63, 3.8) is 0 Å². The van der Waals surface area contributed by atoms with E-state index in [2.05, 4.69) is 15.1 Å². The summed E-state index contributed by atoms with van der Waals surface area (Å²) in [7, 11) is 0. The minimum Gasteiger partial charge on any atom is -0.365 e. The number of carbonyl (C=O) groups is 1. The first-order chi connectivity index (χ1) is 13.6. The lowest BCUT2D eigenvalue weighted by Crippen LogP contribution is -2.20. The van der Waals surface area contributed by atoms with Crippen LogP contribution in [0.15, 0.2) is 24.5 Å². The van der Waals surface area contributed by atoms with E-state index in [1.165, 1.54) is 0 Å². The molecule has 1 amide bonds. The van der Waals surface area contributed by atoms with Crippen molar-refractivity contribution in [2.24, 2.45) is 5.73 Å². The SMILES string of the molecule is CCc1cnc(-c2c(F)cc(F)c(C(N)=O)c2F)c(-c2ccnn2C(F)(F)F)n1. The molecule has 29 heavy (non-hydrogen) atoms. The van der Waals surface area contributed by atoms with Crippen molar-refractivity contribution >= 4 is 5.91 Å². The number of alkyl halides is 3. The molecule has 3 aromatic rings. The maximum Gasteiger partial charge on any atom is 0.505 e. The van der Waals surface area contributed by atoms with Gasteiger partial charge in [-0.2, -0.15) is 9.78 Å². The lowest BCUT2D eigenvalue weighted by atomic mass is 10.0. The third kappa shape index (κ3) is 3.52. The Morgan fingerprint density at radius 3 is 2.45 bits per heavy atom. The Hall–Kier alpha value is -3.44. The van der Waals surface area contributed by atoms with Gasteiger partial charge in [0.25, 0.3) is 5.91 Å². The van der Waals surface area contributed by atoms with Gasteiger partial charge in [-0.1, -0.05) is 6.92 Å². The van der Waals surface area contributed by atoms with E-state index in [1.54, 1.807) is 6.92 Å². The van der Waals surface area contributed by atoms with Crippen molar-refractivity contribution in [3.05, 3.63) is 53.2 Å². The highest BCUT2D eigenvalue weighted by Gasteiger charge is 2.36. The van der Waals surface area contributed by atoms with Crippen LogP contribution in [0, 0.1) is 17.5 Å². The zero-order chi connectivity index (χ0) is 21.5. The molecule has 0 spiro atoms. The van der Waals surface area contributed by atoms with Gasteiger partial charge in [0.2, 0.25) is 0 Å². The van der Waals surface area contributed by atoms with E-state index in [9.17, 15) is 31.1 Å². The molecule has 0 aliphatic rings. The highest BCUT2D eigenvalue weighted by Crippen LogP contribution is 2.36. The molecule has 0 atom stereocenters. The molecule has 0 fully saturated rings. The third-order valence-electron chi connectivity index (χ3n) is 3.96. The number of aryl methyl sites for hydroxylation is 1. The van der Waals surface area contributed by atoms with Gasteiger partial charge in [-0.25, -0.2) is 18.2 Å². The molecule has 6 nitrogen and oxygen atoms in total. The monoisotopic (exact) mass is 415 g/mol. The number of amides is 1. The fraction of sp³-hybridized carbons (Fsp3) is 0.176. The highest BCUT2D eigenvalue weighted by atomic mass is 19.4. The van der Waals surface area contributed by atoms with Crippen molar-refractivity contribution in [2.75, 3.05) is 0 Å². The van der Waals surface area contributed by atoms with E-state index in [-0.39, 0.29) is 22.9 Å². The first kappa shape index (κ1) is 20.3. The molecular formula is C17H11F6N5O. The van der Waals surface area contributed by atoms with Gasteiger partial charge in [0.1, 0.15) is 28.6 Å². The molecule has 2 heterocycles. The highest BCUT2D eigenvalue weighted by molar-refractivity contribution is 5.95. The molecule has 0 saturated heterocycles. The average Bonchev–Trinajstić information content (AvgIpc) is 3.11. The molecule has 152 valence electrons. The minimum atomic E-state index is -4.96. The van der Waals surface area contributed by atoms with Gasteiger partial charge in [-0.15, -0.1) is 13.2 Å². The molecule has 2 N–H and O–H groups in total. The Balaban J connectivity index is 2.39. The summed E-state index contributed by atoms with van der Waals surface area (Å²) >= 11 is 0. The fourth-order valence-electron chi connectivity index (χ4n) is 2.68. The van der Waals surface area contributed by atoms with Crippen molar-refractivity contribution < 1.29 is 31.1 Å². The van der Waals surface area contributed by atoms with Gasteiger partial charge < -0.3 is 5.73 Å². The predicted octanol–water partition coefficient (Wildman–Crippen LogP) is 3.56. The molecule has 0 saturated carbocycles. The molecule has 0 bridgehead atoms. The van der Waals surface area contributed by atoms with Crippen molar-refractivity contribution in [1.82, 2.24) is 19.7 Å². The van der Waals surface area contributed by atoms with Gasteiger partial charge in [0.05, 0.1) is 17.0 Å². The van der Waals surface area contributed by atoms with Crippen LogP contribution >= 0.6 is 0 Å². The Labute approximate surface area is 159 Å². The normalized spacial score (nSPS) is 11.7. The van der Waals surface area contributed by atoms with Crippen LogP contribution in [0.2, 0.25) is 0 Å². The Bertz CT molecular complexity index is 1110. The largest absolute Gasteiger partial charge is 0.505 e. The molecule has 0 aliphatic carbocycles. The first-order valence-corrected chi connectivity index (χ1v) is 8.01. The number of nitrogens with two attached hydrogens (primary N) is 1. The lowest BCUT2D eigenvalue weighted by Gasteiger charge is -2.15. The number of hydrogen-bond donors (Lipinski definition) is 1. The molecule has 0 radical (unpaired) electrons. The second kappa shape index (κ2) is 7.18. The molecular weight excluding hydrogens is 404 g/mol. The maximum atomic E-state index is 14.8. The first-order valence-electron chi connectivity index (χ1n) is 8.01. The van der Waals surface area contributed by atoms with Gasteiger partial charge in [-0.05, 0) is 12.5 Å². The van der Waals surface area contributed by atoms with E-state index in [0.717, 1.165) is 18.5 Å². The molecule has 1 aromatic carbocycles. The summed E-state index contributed by atoms with van der Waals surface area (Å²) in [4.78, 5) is 19.2. The van der Waals surface area contributed by atoms with Crippen LogP contribution in [0.4, 0.5) is 26.3 Å². The second-order valence-electron chi connectivity index (χ2n) is 5.78. The maximum absolute atomic E-state index is 14.8. The van der Waals surface area contributed by atoms with Crippen molar-refractivity contribution in [3.8, 4) is 22.6 Å². The third-order valence-corrected chi connectivity index (χ3v) is 3.96.